The van der Waals surface area contributed by atoms with Crippen LogP contribution in [0, 0.1) is 0 Å². The number of nitrogens with zero attached hydrogens (tertiary/aromatic N) is 1. The van der Waals surface area contributed by atoms with Crippen molar-refractivity contribution >= 4 is 17.5 Å². The molecular weight excluding hydrogens is 126 g/mol. The van der Waals surface area contributed by atoms with Crippen LogP contribution >= 0.6 is 11.6 Å². The predicted octanol–water partition coefficient (Wildman–Crippen LogP) is 0.702. The molecule has 0 aromatic heterocycles. The highest BCUT2D eigenvalue weighted by Crippen LogP contribution is 1.95. The minimum atomic E-state index is -0.398. The third kappa shape index (κ3) is 2.17. The van der Waals surface area contributed by atoms with E-state index in [2.05, 4.69) is 0 Å². The van der Waals surface area contributed by atoms with Gasteiger partial charge in [0.25, 0.3) is 0 Å². The molecule has 0 aliphatic carbocycles. The zero-order chi connectivity index (χ0) is 6.73. The lowest BCUT2D eigenvalue weighted by atomic mass is 10.4. The maximum absolute atomic E-state index is 10.6. The van der Waals surface area contributed by atoms with Gasteiger partial charge in [-0.05, 0) is 6.92 Å². The van der Waals surface area contributed by atoms with E-state index in [0.717, 1.165) is 0 Å². The van der Waals surface area contributed by atoms with Crippen molar-refractivity contribution in [3.63, 3.8) is 0 Å². The molecule has 0 bridgehead atoms. The molecule has 1 amide bonds. The minimum absolute atomic E-state index is 0.0494. The van der Waals surface area contributed by atoms with E-state index < -0.39 is 5.38 Å². The summed E-state index contributed by atoms with van der Waals surface area (Å²) in [6.07, 6.45) is 0. The van der Waals surface area contributed by atoms with Crippen molar-refractivity contribution in [3.05, 3.63) is 0 Å². The van der Waals surface area contributed by atoms with Gasteiger partial charge in [0.15, 0.2) is 0 Å². The molecule has 0 fully saturated rings. The second-order valence-electron chi connectivity index (χ2n) is 1.85. The van der Waals surface area contributed by atoms with Gasteiger partial charge in [-0.15, -0.1) is 11.6 Å². The summed E-state index contributed by atoms with van der Waals surface area (Å²) in [5, 5.41) is -0.398. The molecule has 0 saturated heterocycles. The first-order chi connectivity index (χ1) is 3.55. The molecule has 0 aromatic carbocycles. The molecule has 3 heteroatoms. The van der Waals surface area contributed by atoms with E-state index in [1.807, 2.05) is 0 Å². The molecule has 0 aromatic rings. The summed E-state index contributed by atoms with van der Waals surface area (Å²) in [5.41, 5.74) is 0. The van der Waals surface area contributed by atoms with Crippen molar-refractivity contribution in [1.82, 2.24) is 4.90 Å². The molecular formula is C5H10ClNO. The Balaban J connectivity index is 3.65. The Bertz CT molecular complexity index is 80.4. The predicted molar refractivity (Wildman–Crippen MR) is 34.0 cm³/mol. The Kier molecular flexibility index (Phi) is 2.84. The molecule has 0 unspecified atom stereocenters. The van der Waals surface area contributed by atoms with Gasteiger partial charge in [-0.25, -0.2) is 0 Å². The smallest absolute Gasteiger partial charge is 0.239 e. The van der Waals surface area contributed by atoms with Gasteiger partial charge in [0.05, 0.1) is 0 Å². The number of carbonyl (C=O) groups is 1. The maximum atomic E-state index is 10.6. The van der Waals surface area contributed by atoms with Gasteiger partial charge in [0, 0.05) is 14.1 Å². The van der Waals surface area contributed by atoms with Crippen LogP contribution in [-0.4, -0.2) is 30.3 Å². The molecule has 0 N–H and O–H groups in total. The SMILES string of the molecule is C[C@H](Cl)C(=O)N(C)C. The van der Waals surface area contributed by atoms with E-state index in [1.165, 1.54) is 4.90 Å². The zero-order valence-electron chi connectivity index (χ0n) is 5.31. The molecule has 0 saturated carbocycles. The molecule has 0 radical (unpaired) electrons. The molecule has 0 heterocycles. The lowest BCUT2D eigenvalue weighted by Gasteiger charge is -2.10. The quantitative estimate of drug-likeness (QED) is 0.485. The minimum Gasteiger partial charge on any atom is -0.348 e. The molecule has 48 valence electrons. The van der Waals surface area contributed by atoms with Crippen molar-refractivity contribution in [2.45, 2.75) is 12.3 Å². The maximum Gasteiger partial charge on any atom is 0.239 e. The van der Waals surface area contributed by atoms with Crippen LogP contribution in [0.1, 0.15) is 6.92 Å². The highest BCUT2D eigenvalue weighted by atomic mass is 35.5. The first-order valence-corrected chi connectivity index (χ1v) is 2.84. The van der Waals surface area contributed by atoms with Gasteiger partial charge in [-0.1, -0.05) is 0 Å². The van der Waals surface area contributed by atoms with Gasteiger partial charge < -0.3 is 4.90 Å². The standard InChI is InChI=1S/C5H10ClNO/c1-4(6)5(8)7(2)3/h4H,1-3H3/t4-/m0/s1. The zero-order valence-corrected chi connectivity index (χ0v) is 6.07. The summed E-state index contributed by atoms with van der Waals surface area (Å²) >= 11 is 5.43. The molecule has 1 atom stereocenters. The second-order valence-corrected chi connectivity index (χ2v) is 2.50. The largest absolute Gasteiger partial charge is 0.348 e. The van der Waals surface area contributed by atoms with E-state index >= 15 is 0 Å². The fourth-order valence-electron chi connectivity index (χ4n) is 0.356. The Morgan fingerprint density at radius 3 is 2.00 bits per heavy atom. The number of hydrogen-bond donors (Lipinski definition) is 0. The number of halogens is 1. The van der Waals surface area contributed by atoms with Crippen LogP contribution in [0.2, 0.25) is 0 Å². The van der Waals surface area contributed by atoms with Gasteiger partial charge in [-0.3, -0.25) is 4.79 Å². The van der Waals surface area contributed by atoms with Gasteiger partial charge in [-0.2, -0.15) is 0 Å². The van der Waals surface area contributed by atoms with E-state index in [1.54, 1.807) is 21.0 Å². The number of hydrogen-bond acceptors (Lipinski definition) is 1. The summed E-state index contributed by atoms with van der Waals surface area (Å²) in [5.74, 6) is -0.0494. The van der Waals surface area contributed by atoms with Crippen molar-refractivity contribution < 1.29 is 4.79 Å². The van der Waals surface area contributed by atoms with Crippen LogP contribution in [-0.2, 0) is 4.79 Å². The normalized spacial score (nSPS) is 13.0. The average Bonchev–Trinajstić information content (AvgIpc) is 1.64. The van der Waals surface area contributed by atoms with E-state index in [0.29, 0.717) is 0 Å². The Morgan fingerprint density at radius 2 is 2.00 bits per heavy atom. The topological polar surface area (TPSA) is 20.3 Å². The molecule has 0 aliphatic heterocycles. The third-order valence-corrected chi connectivity index (χ3v) is 0.968. The molecule has 8 heavy (non-hydrogen) atoms. The van der Waals surface area contributed by atoms with Crippen LogP contribution < -0.4 is 0 Å². The highest BCUT2D eigenvalue weighted by Gasteiger charge is 2.09. The van der Waals surface area contributed by atoms with Crippen LogP contribution in [0.4, 0.5) is 0 Å². The lowest BCUT2D eigenvalue weighted by Crippen LogP contribution is -2.28. The monoisotopic (exact) mass is 135 g/mol. The number of alkyl halides is 1. The highest BCUT2D eigenvalue weighted by molar-refractivity contribution is 6.30. The lowest BCUT2D eigenvalue weighted by molar-refractivity contribution is -0.127. The van der Waals surface area contributed by atoms with Crippen molar-refractivity contribution in [3.8, 4) is 0 Å². The Labute approximate surface area is 54.4 Å². The first kappa shape index (κ1) is 7.76. The Morgan fingerprint density at radius 1 is 1.62 bits per heavy atom. The van der Waals surface area contributed by atoms with Crippen LogP contribution in [0.25, 0.3) is 0 Å². The summed E-state index contributed by atoms with van der Waals surface area (Å²) in [4.78, 5) is 12.1. The molecule has 0 rings (SSSR count). The van der Waals surface area contributed by atoms with Crippen molar-refractivity contribution in [2.24, 2.45) is 0 Å². The fourth-order valence-corrected chi connectivity index (χ4v) is 0.551. The second kappa shape index (κ2) is 2.92. The molecule has 0 aliphatic rings. The summed E-state index contributed by atoms with van der Waals surface area (Å²) in [6.45, 7) is 1.66. The van der Waals surface area contributed by atoms with E-state index in [4.69, 9.17) is 11.6 Å². The van der Waals surface area contributed by atoms with Crippen LogP contribution in [0.5, 0.6) is 0 Å². The van der Waals surface area contributed by atoms with E-state index in [-0.39, 0.29) is 5.91 Å². The average molecular weight is 136 g/mol. The van der Waals surface area contributed by atoms with Gasteiger partial charge >= 0.3 is 0 Å². The fraction of sp³-hybridized carbons (Fsp3) is 0.800. The van der Waals surface area contributed by atoms with Crippen molar-refractivity contribution in [2.75, 3.05) is 14.1 Å². The van der Waals surface area contributed by atoms with Crippen molar-refractivity contribution in [1.29, 1.82) is 0 Å². The molecule has 2 nitrogen and oxygen atoms in total. The first-order valence-electron chi connectivity index (χ1n) is 2.41. The van der Waals surface area contributed by atoms with E-state index in [9.17, 15) is 4.79 Å². The number of rotatable bonds is 1. The van der Waals surface area contributed by atoms with Gasteiger partial charge in [0.1, 0.15) is 5.38 Å². The Hall–Kier alpha value is -0.240. The van der Waals surface area contributed by atoms with Crippen LogP contribution in [0.3, 0.4) is 0 Å². The summed E-state index contributed by atoms with van der Waals surface area (Å²) in [6, 6.07) is 0. The molecule has 0 spiro atoms. The summed E-state index contributed by atoms with van der Waals surface area (Å²) in [7, 11) is 3.36. The van der Waals surface area contributed by atoms with Crippen LogP contribution in [0.15, 0.2) is 0 Å². The third-order valence-electron chi connectivity index (χ3n) is 0.781. The summed E-state index contributed by atoms with van der Waals surface area (Å²) < 4.78 is 0. The van der Waals surface area contributed by atoms with Gasteiger partial charge in [0.2, 0.25) is 5.91 Å². The number of amides is 1. The number of carbonyl (C=O) groups excluding carboxylic acids is 1.